The monoisotopic (exact) mass is 340 g/mol. The molecule has 132 valence electrons. The molecule has 3 atom stereocenters. The maximum atomic E-state index is 12.7. The fourth-order valence-electron chi connectivity index (χ4n) is 4.38. The molecule has 2 amide bonds. The third-order valence-corrected chi connectivity index (χ3v) is 5.57. The summed E-state index contributed by atoms with van der Waals surface area (Å²) in [6.07, 6.45) is 6.03. The quantitative estimate of drug-likeness (QED) is 0.884. The average molecular weight is 340 g/mol. The number of carbonyl (C=O) groups is 2. The molecule has 3 unspecified atom stereocenters. The van der Waals surface area contributed by atoms with E-state index in [4.69, 9.17) is 0 Å². The minimum atomic E-state index is -0.579. The van der Waals surface area contributed by atoms with Crippen molar-refractivity contribution >= 4 is 23.3 Å². The van der Waals surface area contributed by atoms with E-state index in [9.17, 15) is 9.59 Å². The zero-order valence-electron chi connectivity index (χ0n) is 14.4. The fraction of sp³-hybridized carbons (Fsp3) is 0.526. The van der Waals surface area contributed by atoms with Crippen LogP contribution in [-0.2, 0) is 9.59 Å². The van der Waals surface area contributed by atoms with Crippen molar-refractivity contribution in [1.82, 2.24) is 10.7 Å². The van der Waals surface area contributed by atoms with E-state index >= 15 is 0 Å². The van der Waals surface area contributed by atoms with Crippen LogP contribution in [0.3, 0.4) is 0 Å². The summed E-state index contributed by atoms with van der Waals surface area (Å²) in [6.45, 7) is 1.72. The number of nitrogens with one attached hydrogen (secondary N) is 2. The van der Waals surface area contributed by atoms with Crippen molar-refractivity contribution in [2.24, 2.45) is 16.8 Å². The van der Waals surface area contributed by atoms with Crippen molar-refractivity contribution in [3.8, 4) is 0 Å². The third-order valence-electron chi connectivity index (χ3n) is 5.57. The van der Waals surface area contributed by atoms with Crippen LogP contribution in [0.4, 0.5) is 5.69 Å². The van der Waals surface area contributed by atoms with E-state index in [1.54, 1.807) is 6.92 Å². The Bertz CT molecular complexity index is 691. The molecule has 1 heterocycles. The fourth-order valence-corrected chi connectivity index (χ4v) is 4.38. The van der Waals surface area contributed by atoms with Crippen LogP contribution in [0.25, 0.3) is 0 Å². The van der Waals surface area contributed by atoms with Gasteiger partial charge in [-0.05, 0) is 50.2 Å². The minimum absolute atomic E-state index is 0.168. The Hall–Kier alpha value is -2.37. The van der Waals surface area contributed by atoms with Crippen molar-refractivity contribution < 1.29 is 9.59 Å². The van der Waals surface area contributed by atoms with Gasteiger partial charge in [-0.1, -0.05) is 31.0 Å². The van der Waals surface area contributed by atoms with Gasteiger partial charge >= 0.3 is 0 Å². The van der Waals surface area contributed by atoms with Gasteiger partial charge in [0.15, 0.2) is 0 Å². The number of aliphatic imine (C=N–C) groups is 1. The first kappa shape index (κ1) is 16.1. The number of carbonyl (C=O) groups excluding carboxylic acids is 2. The zero-order chi connectivity index (χ0) is 17.4. The summed E-state index contributed by atoms with van der Waals surface area (Å²) in [7, 11) is 0. The molecule has 3 aliphatic rings. The van der Waals surface area contributed by atoms with Gasteiger partial charge in [0.1, 0.15) is 6.04 Å². The number of anilines is 1. The van der Waals surface area contributed by atoms with Crippen molar-refractivity contribution in [1.29, 1.82) is 0 Å². The van der Waals surface area contributed by atoms with E-state index < -0.39 is 6.04 Å². The predicted molar refractivity (Wildman–Crippen MR) is 96.0 cm³/mol. The second-order valence-corrected chi connectivity index (χ2v) is 7.46. The Balaban J connectivity index is 1.46. The van der Waals surface area contributed by atoms with Gasteiger partial charge in [-0.3, -0.25) is 15.0 Å². The van der Waals surface area contributed by atoms with Crippen LogP contribution in [0, 0.1) is 11.8 Å². The van der Waals surface area contributed by atoms with E-state index in [1.807, 2.05) is 30.3 Å². The maximum Gasteiger partial charge on any atom is 0.288 e. The van der Waals surface area contributed by atoms with Crippen LogP contribution in [0.15, 0.2) is 35.3 Å². The number of fused-ring (bicyclic) bond motifs is 2. The molecule has 2 bridgehead atoms. The highest BCUT2D eigenvalue weighted by molar-refractivity contribution is 6.39. The topological polar surface area (TPSA) is 73.8 Å². The molecule has 0 aromatic heterocycles. The first-order chi connectivity index (χ1) is 12.1. The number of amides is 2. The lowest BCUT2D eigenvalue weighted by Gasteiger charge is -2.32. The van der Waals surface area contributed by atoms with E-state index in [0.29, 0.717) is 5.69 Å². The number of amidine groups is 1. The first-order valence-electron chi connectivity index (χ1n) is 9.14. The summed E-state index contributed by atoms with van der Waals surface area (Å²) in [6, 6.07) is 8.91. The molecule has 1 aromatic rings. The molecule has 6 nitrogen and oxygen atoms in total. The summed E-state index contributed by atoms with van der Waals surface area (Å²) in [5, 5.41) is 4.54. The van der Waals surface area contributed by atoms with Gasteiger partial charge in [0.2, 0.25) is 5.84 Å². The van der Waals surface area contributed by atoms with Crippen LogP contribution in [0.5, 0.6) is 0 Å². The smallest absolute Gasteiger partial charge is 0.288 e. The summed E-state index contributed by atoms with van der Waals surface area (Å²) < 4.78 is 0. The molecule has 1 aliphatic heterocycles. The summed E-state index contributed by atoms with van der Waals surface area (Å²) in [5.74, 6) is 1.34. The number of nitrogens with zero attached hydrogens (tertiary/aromatic N) is 2. The number of rotatable bonds is 3. The molecule has 0 saturated heterocycles. The van der Waals surface area contributed by atoms with Gasteiger partial charge < -0.3 is 5.32 Å². The molecule has 0 radical (unpaired) electrons. The van der Waals surface area contributed by atoms with Gasteiger partial charge in [-0.15, -0.1) is 0 Å². The van der Waals surface area contributed by atoms with Crippen LogP contribution in [-0.4, -0.2) is 29.7 Å². The van der Waals surface area contributed by atoms with Crippen molar-refractivity contribution in [2.75, 3.05) is 5.01 Å². The Morgan fingerprint density at radius 1 is 1.16 bits per heavy atom. The van der Waals surface area contributed by atoms with Crippen LogP contribution >= 0.6 is 0 Å². The number of para-hydroxylation sites is 1. The summed E-state index contributed by atoms with van der Waals surface area (Å²) in [5.41, 5.74) is 3.60. The van der Waals surface area contributed by atoms with E-state index in [0.717, 1.165) is 24.7 Å². The lowest BCUT2D eigenvalue weighted by Crippen LogP contribution is -2.59. The molecule has 0 spiro atoms. The number of hydrogen-bond acceptors (Lipinski definition) is 4. The Labute approximate surface area is 147 Å². The third kappa shape index (κ3) is 3.25. The second kappa shape index (κ2) is 6.50. The lowest BCUT2D eigenvalue weighted by molar-refractivity contribution is -0.120. The minimum Gasteiger partial charge on any atom is -0.347 e. The Morgan fingerprint density at radius 2 is 1.84 bits per heavy atom. The van der Waals surface area contributed by atoms with Gasteiger partial charge in [0.25, 0.3) is 11.8 Å². The number of hydrogen-bond donors (Lipinski definition) is 2. The second-order valence-electron chi connectivity index (χ2n) is 7.46. The van der Waals surface area contributed by atoms with E-state index in [2.05, 4.69) is 15.7 Å². The van der Waals surface area contributed by atoms with Crippen LogP contribution in [0.2, 0.25) is 0 Å². The van der Waals surface area contributed by atoms with Crippen molar-refractivity contribution in [3.05, 3.63) is 30.3 Å². The zero-order valence-corrected chi connectivity index (χ0v) is 14.4. The summed E-state index contributed by atoms with van der Waals surface area (Å²) in [4.78, 5) is 29.3. The maximum absolute atomic E-state index is 12.7. The molecule has 2 saturated carbocycles. The van der Waals surface area contributed by atoms with E-state index in [-0.39, 0.29) is 23.7 Å². The van der Waals surface area contributed by atoms with Gasteiger partial charge in [-0.25, -0.2) is 10.0 Å². The molecular weight excluding hydrogens is 316 g/mol. The van der Waals surface area contributed by atoms with Gasteiger partial charge in [0, 0.05) is 6.04 Å². The average Bonchev–Trinajstić information content (AvgIpc) is 2.96. The SMILES string of the molecule is CC1N=C(C(=O)NC2CC3CCC(C3)C2)NN(c2ccccc2)C1=O. The molecular formula is C19H24N4O2. The van der Waals surface area contributed by atoms with Gasteiger partial charge in [0.05, 0.1) is 5.69 Å². The standard InChI is InChI=1S/C19H24N4O2/c1-12-19(25)23(16-5-3-2-4-6-16)22-17(20-12)18(24)21-15-10-13-7-8-14(9-13)11-15/h2-6,12-15H,7-11H2,1H3,(H,20,22)(H,21,24). The first-order valence-corrected chi connectivity index (χ1v) is 9.14. The molecule has 1 aromatic carbocycles. The van der Waals surface area contributed by atoms with Crippen molar-refractivity contribution in [3.63, 3.8) is 0 Å². The van der Waals surface area contributed by atoms with Crippen LogP contribution < -0.4 is 15.8 Å². The largest absolute Gasteiger partial charge is 0.347 e. The number of hydrazine groups is 1. The van der Waals surface area contributed by atoms with Gasteiger partial charge in [-0.2, -0.15) is 0 Å². The Morgan fingerprint density at radius 3 is 2.52 bits per heavy atom. The molecule has 25 heavy (non-hydrogen) atoms. The molecule has 6 heteroatoms. The molecule has 2 fully saturated rings. The highest BCUT2D eigenvalue weighted by Crippen LogP contribution is 2.41. The Kier molecular flexibility index (Phi) is 4.19. The number of benzene rings is 1. The van der Waals surface area contributed by atoms with Crippen LogP contribution in [0.1, 0.15) is 39.0 Å². The highest BCUT2D eigenvalue weighted by atomic mass is 16.2. The molecule has 2 N–H and O–H groups in total. The highest BCUT2D eigenvalue weighted by Gasteiger charge is 2.36. The van der Waals surface area contributed by atoms with E-state index in [1.165, 1.54) is 24.3 Å². The molecule has 2 aliphatic carbocycles. The lowest BCUT2D eigenvalue weighted by atomic mass is 9.85. The molecule has 4 rings (SSSR count). The normalized spacial score (nSPS) is 31.3. The summed E-state index contributed by atoms with van der Waals surface area (Å²) >= 11 is 0. The van der Waals surface area contributed by atoms with Crippen molar-refractivity contribution in [2.45, 2.75) is 51.1 Å². The predicted octanol–water partition coefficient (Wildman–Crippen LogP) is 2.02.